The molecule has 4 N–H and O–H groups in total. The maximum absolute atomic E-state index is 11.1. The summed E-state index contributed by atoms with van der Waals surface area (Å²) in [6, 6.07) is 5.25. The number of nitrogens with zero attached hydrogens (tertiary/aromatic N) is 2. The van der Waals surface area contributed by atoms with E-state index in [2.05, 4.69) is 15.3 Å². The van der Waals surface area contributed by atoms with Gasteiger partial charge in [-0.2, -0.15) is 0 Å². The topological polar surface area (TPSA) is 114 Å². The number of carbonyl (C=O) groups is 1. The predicted molar refractivity (Wildman–Crippen MR) is 79.0 cm³/mol. The minimum absolute atomic E-state index is 0.237. The highest BCUT2D eigenvalue weighted by Gasteiger charge is 2.11. The number of anilines is 1. The van der Waals surface area contributed by atoms with E-state index in [1.807, 2.05) is 13.0 Å². The van der Waals surface area contributed by atoms with E-state index in [1.165, 1.54) is 13.2 Å². The normalized spacial score (nSPS) is 10.0. The Bertz CT molecular complexity index is 682. The number of alkyl carbamates (subject to hydrolysis) is 1. The monoisotopic (exact) mass is 285 g/mol. The van der Waals surface area contributed by atoms with Gasteiger partial charge < -0.3 is 15.8 Å². The van der Waals surface area contributed by atoms with Gasteiger partial charge in [0.2, 0.25) is 5.90 Å². The van der Waals surface area contributed by atoms with Crippen LogP contribution in [0.25, 0.3) is 11.3 Å². The van der Waals surface area contributed by atoms with Crippen molar-refractivity contribution in [1.82, 2.24) is 15.3 Å². The molecule has 1 heterocycles. The van der Waals surface area contributed by atoms with Crippen LogP contribution in [0.5, 0.6) is 0 Å². The zero-order chi connectivity index (χ0) is 15.4. The van der Waals surface area contributed by atoms with E-state index in [-0.39, 0.29) is 5.90 Å². The number of rotatable bonds is 2. The smallest absolute Gasteiger partial charge is 0.391 e. The Kier molecular flexibility index (Phi) is 4.13. The second-order valence-corrected chi connectivity index (χ2v) is 4.32. The molecule has 0 fully saturated rings. The average molecular weight is 285 g/mol. The van der Waals surface area contributed by atoms with Crippen LogP contribution in [-0.4, -0.2) is 29.0 Å². The first-order valence-electron chi connectivity index (χ1n) is 6.18. The summed E-state index contributed by atoms with van der Waals surface area (Å²) in [7, 11) is 1.43. The van der Waals surface area contributed by atoms with Crippen molar-refractivity contribution in [1.29, 1.82) is 5.41 Å². The second-order valence-electron chi connectivity index (χ2n) is 4.32. The lowest BCUT2D eigenvalue weighted by atomic mass is 10.0. The molecule has 7 heteroatoms. The van der Waals surface area contributed by atoms with Crippen molar-refractivity contribution < 1.29 is 9.53 Å². The fraction of sp³-hybridized carbons (Fsp3) is 0.143. The Morgan fingerprint density at radius 3 is 2.71 bits per heavy atom. The number of nitrogens with one attached hydrogen (secondary N) is 2. The van der Waals surface area contributed by atoms with E-state index in [4.69, 9.17) is 15.9 Å². The summed E-state index contributed by atoms with van der Waals surface area (Å²) in [6.07, 6.45) is 2.34. The Morgan fingerprint density at radius 2 is 2.10 bits per heavy atom. The number of nitrogen functional groups attached to an aromatic ring is 1. The first-order chi connectivity index (χ1) is 10.0. The number of hydrogen-bond donors (Lipinski definition) is 3. The molecule has 2 aromatic rings. The predicted octanol–water partition coefficient (Wildman–Crippen LogP) is 1.72. The van der Waals surface area contributed by atoms with Gasteiger partial charge in [-0.05, 0) is 24.6 Å². The van der Waals surface area contributed by atoms with Gasteiger partial charge in [0.05, 0.1) is 18.1 Å². The number of aryl methyl sites for hydroxylation is 1. The van der Waals surface area contributed by atoms with Gasteiger partial charge in [-0.25, -0.2) is 9.78 Å². The van der Waals surface area contributed by atoms with Gasteiger partial charge >= 0.3 is 6.09 Å². The number of hydrogen-bond acceptors (Lipinski definition) is 6. The fourth-order valence-corrected chi connectivity index (χ4v) is 1.72. The van der Waals surface area contributed by atoms with Gasteiger partial charge in [0, 0.05) is 18.2 Å². The molecule has 0 saturated heterocycles. The van der Waals surface area contributed by atoms with Crippen molar-refractivity contribution in [3.05, 3.63) is 41.7 Å². The van der Waals surface area contributed by atoms with Gasteiger partial charge in [0.15, 0.2) is 0 Å². The Hall–Kier alpha value is -2.96. The number of nitrogens with two attached hydrogens (primary N) is 1. The van der Waals surface area contributed by atoms with Gasteiger partial charge in [0.1, 0.15) is 5.82 Å². The third-order valence-electron chi connectivity index (χ3n) is 2.85. The van der Waals surface area contributed by atoms with E-state index in [0.29, 0.717) is 17.1 Å². The van der Waals surface area contributed by atoms with E-state index in [1.54, 1.807) is 18.3 Å². The van der Waals surface area contributed by atoms with Crippen molar-refractivity contribution >= 4 is 17.8 Å². The zero-order valence-electron chi connectivity index (χ0n) is 11.7. The standard InChI is InChI=1S/C14H15N5O2/c1-8-3-4-9(13(16)21-14(20)17-2)5-10(8)11-6-19-12(15)7-18-11/h3-7,16H,1-2H3,(H2,15,19)(H,17,20). The van der Waals surface area contributed by atoms with Crippen LogP contribution >= 0.6 is 0 Å². The molecule has 2 rings (SSSR count). The van der Waals surface area contributed by atoms with Crippen molar-refractivity contribution in [2.24, 2.45) is 0 Å². The van der Waals surface area contributed by atoms with E-state index in [9.17, 15) is 4.79 Å². The highest BCUT2D eigenvalue weighted by atomic mass is 16.6. The lowest BCUT2D eigenvalue weighted by Gasteiger charge is -2.09. The summed E-state index contributed by atoms with van der Waals surface area (Å²) in [5, 5.41) is 10.1. The number of ether oxygens (including phenoxy) is 1. The fourth-order valence-electron chi connectivity index (χ4n) is 1.72. The van der Waals surface area contributed by atoms with Gasteiger partial charge in [-0.3, -0.25) is 10.4 Å². The van der Waals surface area contributed by atoms with Gasteiger partial charge in [-0.15, -0.1) is 0 Å². The molecule has 21 heavy (non-hydrogen) atoms. The summed E-state index contributed by atoms with van der Waals surface area (Å²) >= 11 is 0. The molecule has 1 aromatic carbocycles. The molecular weight excluding hydrogens is 270 g/mol. The van der Waals surface area contributed by atoms with Crippen LogP contribution in [0.15, 0.2) is 30.6 Å². The van der Waals surface area contributed by atoms with Crippen molar-refractivity contribution in [2.75, 3.05) is 12.8 Å². The van der Waals surface area contributed by atoms with Crippen LogP contribution in [0.4, 0.5) is 10.6 Å². The molecule has 0 unspecified atom stereocenters. The van der Waals surface area contributed by atoms with Crippen LogP contribution < -0.4 is 11.1 Å². The van der Waals surface area contributed by atoms with E-state index in [0.717, 1.165) is 11.1 Å². The first-order valence-corrected chi connectivity index (χ1v) is 6.18. The Morgan fingerprint density at radius 1 is 1.33 bits per heavy atom. The highest BCUT2D eigenvalue weighted by molar-refractivity contribution is 5.99. The molecule has 7 nitrogen and oxygen atoms in total. The minimum Gasteiger partial charge on any atom is -0.391 e. The van der Waals surface area contributed by atoms with Crippen LogP contribution in [0.1, 0.15) is 11.1 Å². The van der Waals surface area contributed by atoms with Gasteiger partial charge in [0.25, 0.3) is 0 Å². The zero-order valence-corrected chi connectivity index (χ0v) is 11.7. The molecular formula is C14H15N5O2. The maximum atomic E-state index is 11.1. The Labute approximate surface area is 121 Å². The van der Waals surface area contributed by atoms with E-state index < -0.39 is 6.09 Å². The lowest BCUT2D eigenvalue weighted by molar-refractivity contribution is 0.199. The van der Waals surface area contributed by atoms with E-state index >= 15 is 0 Å². The minimum atomic E-state index is -0.686. The number of aromatic nitrogens is 2. The molecule has 0 aliphatic heterocycles. The average Bonchev–Trinajstić information content (AvgIpc) is 2.48. The van der Waals surface area contributed by atoms with Crippen molar-refractivity contribution in [2.45, 2.75) is 6.92 Å². The van der Waals surface area contributed by atoms with Crippen LogP contribution in [0.2, 0.25) is 0 Å². The molecule has 1 aromatic heterocycles. The third kappa shape index (κ3) is 3.33. The van der Waals surface area contributed by atoms with Crippen molar-refractivity contribution in [3.8, 4) is 11.3 Å². The largest absolute Gasteiger partial charge is 0.413 e. The van der Waals surface area contributed by atoms with Crippen molar-refractivity contribution in [3.63, 3.8) is 0 Å². The van der Waals surface area contributed by atoms with Gasteiger partial charge in [-0.1, -0.05) is 6.07 Å². The SMILES string of the molecule is CNC(=O)OC(=N)c1ccc(C)c(-c2cnc(N)cn2)c1. The molecule has 0 aliphatic rings. The first kappa shape index (κ1) is 14.4. The summed E-state index contributed by atoms with van der Waals surface area (Å²) in [5.74, 6) is 0.0993. The second kappa shape index (κ2) is 6.00. The molecule has 0 spiro atoms. The number of amides is 1. The quantitative estimate of drug-likeness (QED) is 0.574. The molecule has 0 radical (unpaired) electrons. The highest BCUT2D eigenvalue weighted by Crippen LogP contribution is 2.23. The molecule has 108 valence electrons. The molecule has 0 aliphatic carbocycles. The summed E-state index contributed by atoms with van der Waals surface area (Å²) in [5.41, 5.74) is 8.38. The number of carbonyl (C=O) groups excluding carboxylic acids is 1. The molecule has 0 atom stereocenters. The van der Waals surface area contributed by atoms with Crippen LogP contribution in [0, 0.1) is 12.3 Å². The third-order valence-corrected chi connectivity index (χ3v) is 2.85. The maximum Gasteiger partial charge on any atom is 0.413 e. The number of benzene rings is 1. The van der Waals surface area contributed by atoms with Crippen LogP contribution in [-0.2, 0) is 4.74 Å². The molecule has 0 saturated carbocycles. The van der Waals surface area contributed by atoms with Crippen LogP contribution in [0.3, 0.4) is 0 Å². The Balaban J connectivity index is 2.35. The summed E-state index contributed by atoms with van der Waals surface area (Å²) in [6.45, 7) is 1.92. The summed E-state index contributed by atoms with van der Waals surface area (Å²) < 4.78 is 4.81. The molecule has 1 amide bonds. The molecule has 0 bridgehead atoms. The summed E-state index contributed by atoms with van der Waals surface area (Å²) in [4.78, 5) is 19.4. The lowest BCUT2D eigenvalue weighted by Crippen LogP contribution is -2.23.